The highest BCUT2D eigenvalue weighted by Gasteiger charge is 2.17. The Morgan fingerprint density at radius 1 is 1.47 bits per heavy atom. The van der Waals surface area contributed by atoms with Crippen LogP contribution in [0.2, 0.25) is 0 Å². The van der Waals surface area contributed by atoms with Crippen molar-refractivity contribution in [3.05, 3.63) is 41.4 Å². The van der Waals surface area contributed by atoms with Gasteiger partial charge in [0.2, 0.25) is 0 Å². The Bertz CT molecular complexity index is 499. The minimum absolute atomic E-state index is 0.515. The third-order valence-electron chi connectivity index (χ3n) is 2.96. The summed E-state index contributed by atoms with van der Waals surface area (Å²) in [5.74, 6) is 2.51. The molecule has 2 aromatic rings. The summed E-state index contributed by atoms with van der Waals surface area (Å²) >= 11 is 0. The van der Waals surface area contributed by atoms with Gasteiger partial charge < -0.3 is 14.1 Å². The second-order valence-electron chi connectivity index (χ2n) is 4.22. The van der Waals surface area contributed by atoms with E-state index in [0.29, 0.717) is 6.42 Å². The summed E-state index contributed by atoms with van der Waals surface area (Å²) in [4.78, 5) is 4.26. The number of aromatic nitrogens is 2. The lowest BCUT2D eigenvalue weighted by Gasteiger charge is -2.10. The van der Waals surface area contributed by atoms with Crippen LogP contribution >= 0.6 is 0 Å². The summed E-state index contributed by atoms with van der Waals surface area (Å²) < 4.78 is 7.46. The normalized spacial score (nSPS) is 12.9. The summed E-state index contributed by atoms with van der Waals surface area (Å²) in [5, 5.41) is 10.2. The number of nitrogens with zero attached hydrogens (tertiary/aromatic N) is 2. The molecule has 92 valence electrons. The molecule has 0 spiro atoms. The predicted octanol–water partition coefficient (Wildman–Crippen LogP) is 2.39. The van der Waals surface area contributed by atoms with Crippen molar-refractivity contribution in [1.82, 2.24) is 9.55 Å². The van der Waals surface area contributed by atoms with E-state index in [-0.39, 0.29) is 0 Å². The first-order valence-electron chi connectivity index (χ1n) is 5.86. The van der Waals surface area contributed by atoms with Crippen molar-refractivity contribution in [2.24, 2.45) is 0 Å². The van der Waals surface area contributed by atoms with Gasteiger partial charge in [-0.2, -0.15) is 0 Å². The molecule has 2 rings (SSSR count). The number of furan rings is 1. The average molecular weight is 234 g/mol. The van der Waals surface area contributed by atoms with Gasteiger partial charge in [-0.25, -0.2) is 4.98 Å². The first-order valence-corrected chi connectivity index (χ1v) is 5.86. The van der Waals surface area contributed by atoms with Gasteiger partial charge in [-0.15, -0.1) is 0 Å². The molecule has 0 saturated carbocycles. The molecule has 0 fully saturated rings. The molecule has 0 aliphatic heterocycles. The topological polar surface area (TPSA) is 51.2 Å². The average Bonchev–Trinajstić information content (AvgIpc) is 2.84. The van der Waals surface area contributed by atoms with Crippen LogP contribution in [-0.4, -0.2) is 14.7 Å². The largest absolute Gasteiger partial charge is 0.466 e. The zero-order chi connectivity index (χ0) is 12.4. The number of hydrogen-bond acceptors (Lipinski definition) is 3. The summed E-state index contributed by atoms with van der Waals surface area (Å²) in [6.45, 7) is 6.68. The minimum atomic E-state index is -0.555. The maximum atomic E-state index is 10.2. The number of rotatable bonds is 4. The summed E-state index contributed by atoms with van der Waals surface area (Å²) in [6, 6.07) is 1.89. The molecule has 17 heavy (non-hydrogen) atoms. The van der Waals surface area contributed by atoms with Crippen LogP contribution in [0.15, 0.2) is 22.9 Å². The molecular weight excluding hydrogens is 216 g/mol. The minimum Gasteiger partial charge on any atom is -0.466 e. The van der Waals surface area contributed by atoms with Crippen molar-refractivity contribution in [2.45, 2.75) is 39.8 Å². The second kappa shape index (κ2) is 4.75. The van der Waals surface area contributed by atoms with E-state index in [1.807, 2.05) is 30.7 Å². The molecule has 1 unspecified atom stereocenters. The lowest BCUT2D eigenvalue weighted by molar-refractivity contribution is 0.172. The standard InChI is InChI=1S/C13H18N2O2/c1-4-15-6-5-14-13(15)8-12(16)11-7-9(2)17-10(11)3/h5-7,12,16H,4,8H2,1-3H3. The summed E-state index contributed by atoms with van der Waals surface area (Å²) in [6.07, 6.45) is 3.65. The van der Waals surface area contributed by atoms with Crippen LogP contribution in [0.25, 0.3) is 0 Å². The van der Waals surface area contributed by atoms with Crippen molar-refractivity contribution < 1.29 is 9.52 Å². The fraction of sp³-hybridized carbons (Fsp3) is 0.462. The van der Waals surface area contributed by atoms with Gasteiger partial charge in [-0.3, -0.25) is 0 Å². The molecule has 1 atom stereocenters. The van der Waals surface area contributed by atoms with Crippen molar-refractivity contribution >= 4 is 0 Å². The molecule has 0 aliphatic carbocycles. The molecule has 0 saturated heterocycles. The number of hydrogen-bond donors (Lipinski definition) is 1. The third kappa shape index (κ3) is 2.42. The van der Waals surface area contributed by atoms with E-state index in [9.17, 15) is 5.11 Å². The highest BCUT2D eigenvalue weighted by Crippen LogP contribution is 2.24. The Morgan fingerprint density at radius 2 is 2.24 bits per heavy atom. The molecule has 1 N–H and O–H groups in total. The fourth-order valence-corrected chi connectivity index (χ4v) is 2.08. The van der Waals surface area contributed by atoms with Gasteiger partial charge in [-0.05, 0) is 26.8 Å². The van der Waals surface area contributed by atoms with Gasteiger partial charge in [0.05, 0.1) is 6.10 Å². The quantitative estimate of drug-likeness (QED) is 0.883. The van der Waals surface area contributed by atoms with Gasteiger partial charge in [0.15, 0.2) is 0 Å². The molecule has 0 bridgehead atoms. The van der Waals surface area contributed by atoms with Gasteiger partial charge >= 0.3 is 0 Å². The van der Waals surface area contributed by atoms with Crippen LogP contribution < -0.4 is 0 Å². The highest BCUT2D eigenvalue weighted by atomic mass is 16.3. The van der Waals surface area contributed by atoms with E-state index >= 15 is 0 Å². The van der Waals surface area contributed by atoms with Gasteiger partial charge in [0, 0.05) is 30.9 Å². The Morgan fingerprint density at radius 3 is 2.82 bits per heavy atom. The SMILES string of the molecule is CCn1ccnc1CC(O)c1cc(C)oc1C. The van der Waals surface area contributed by atoms with Gasteiger partial charge in [0.25, 0.3) is 0 Å². The number of aliphatic hydroxyl groups is 1. The lowest BCUT2D eigenvalue weighted by atomic mass is 10.1. The smallest absolute Gasteiger partial charge is 0.111 e. The van der Waals surface area contributed by atoms with Crippen LogP contribution in [-0.2, 0) is 13.0 Å². The highest BCUT2D eigenvalue weighted by molar-refractivity contribution is 5.23. The predicted molar refractivity (Wildman–Crippen MR) is 64.7 cm³/mol. The zero-order valence-electron chi connectivity index (χ0n) is 10.5. The first kappa shape index (κ1) is 11.9. The van der Waals surface area contributed by atoms with E-state index in [1.54, 1.807) is 6.20 Å². The van der Waals surface area contributed by atoms with Crippen molar-refractivity contribution in [3.8, 4) is 0 Å². The summed E-state index contributed by atoms with van der Waals surface area (Å²) in [5.41, 5.74) is 0.855. The van der Waals surface area contributed by atoms with E-state index in [2.05, 4.69) is 11.9 Å². The van der Waals surface area contributed by atoms with E-state index < -0.39 is 6.10 Å². The van der Waals surface area contributed by atoms with E-state index in [0.717, 1.165) is 29.5 Å². The molecule has 0 amide bonds. The lowest BCUT2D eigenvalue weighted by Crippen LogP contribution is -2.08. The molecular formula is C13H18N2O2. The second-order valence-corrected chi connectivity index (χ2v) is 4.22. The van der Waals surface area contributed by atoms with E-state index in [4.69, 9.17) is 4.42 Å². The number of imidazole rings is 1. The third-order valence-corrected chi connectivity index (χ3v) is 2.96. The van der Waals surface area contributed by atoms with Crippen LogP contribution in [0.1, 0.15) is 35.9 Å². The van der Waals surface area contributed by atoms with Crippen LogP contribution in [0.3, 0.4) is 0 Å². The van der Waals surface area contributed by atoms with Crippen molar-refractivity contribution in [2.75, 3.05) is 0 Å². The molecule has 0 radical (unpaired) electrons. The van der Waals surface area contributed by atoms with Crippen molar-refractivity contribution in [3.63, 3.8) is 0 Å². The Balaban J connectivity index is 2.17. The molecule has 2 heterocycles. The zero-order valence-corrected chi connectivity index (χ0v) is 10.5. The van der Waals surface area contributed by atoms with E-state index in [1.165, 1.54) is 0 Å². The molecule has 4 nitrogen and oxygen atoms in total. The Kier molecular flexibility index (Phi) is 3.33. The monoisotopic (exact) mass is 234 g/mol. The fourth-order valence-electron chi connectivity index (χ4n) is 2.08. The number of aliphatic hydroxyl groups excluding tert-OH is 1. The Labute approximate surface area is 101 Å². The van der Waals surface area contributed by atoms with Crippen LogP contribution in [0.5, 0.6) is 0 Å². The molecule has 0 aromatic carbocycles. The molecule has 4 heteroatoms. The first-order chi connectivity index (χ1) is 8.11. The Hall–Kier alpha value is -1.55. The van der Waals surface area contributed by atoms with Crippen LogP contribution in [0, 0.1) is 13.8 Å². The van der Waals surface area contributed by atoms with Crippen LogP contribution in [0.4, 0.5) is 0 Å². The number of aryl methyl sites for hydroxylation is 3. The maximum Gasteiger partial charge on any atom is 0.111 e. The summed E-state index contributed by atoms with van der Waals surface area (Å²) in [7, 11) is 0. The molecule has 0 aliphatic rings. The van der Waals surface area contributed by atoms with Gasteiger partial charge in [0.1, 0.15) is 17.3 Å². The van der Waals surface area contributed by atoms with Crippen molar-refractivity contribution in [1.29, 1.82) is 0 Å². The maximum absolute atomic E-state index is 10.2. The molecule has 2 aromatic heterocycles. The van der Waals surface area contributed by atoms with Gasteiger partial charge in [-0.1, -0.05) is 0 Å².